The summed E-state index contributed by atoms with van der Waals surface area (Å²) in [4.78, 5) is 11.5. The zero-order valence-corrected chi connectivity index (χ0v) is 10.7. The van der Waals surface area contributed by atoms with Crippen molar-refractivity contribution < 1.29 is 27.2 Å². The van der Waals surface area contributed by atoms with Crippen LogP contribution >= 0.6 is 0 Å². The minimum atomic E-state index is -4.40. The Bertz CT molecular complexity index is 580. The van der Waals surface area contributed by atoms with Crippen LogP contribution in [-0.4, -0.2) is 17.7 Å². The van der Waals surface area contributed by atoms with Crippen molar-refractivity contribution in [2.75, 3.05) is 6.61 Å². The summed E-state index contributed by atoms with van der Waals surface area (Å²) >= 11 is 0. The summed E-state index contributed by atoms with van der Waals surface area (Å²) in [6, 6.07) is 5.70. The van der Waals surface area contributed by atoms with Crippen LogP contribution in [0, 0.1) is 0 Å². The maximum absolute atomic E-state index is 12.4. The number of ether oxygens (including phenoxy) is 1. The van der Waals surface area contributed by atoms with Gasteiger partial charge >= 0.3 is 6.18 Å². The Hall–Kier alpha value is -2.51. The van der Waals surface area contributed by atoms with E-state index in [0.29, 0.717) is 5.69 Å². The van der Waals surface area contributed by atoms with Gasteiger partial charge in [0, 0.05) is 6.07 Å². The van der Waals surface area contributed by atoms with Crippen molar-refractivity contribution in [2.45, 2.75) is 12.7 Å². The number of aromatic nitrogens is 1. The molecule has 0 aliphatic rings. The highest BCUT2D eigenvalue weighted by atomic mass is 19.4. The molecule has 8 heteroatoms. The van der Waals surface area contributed by atoms with Gasteiger partial charge in [-0.25, -0.2) is 0 Å². The van der Waals surface area contributed by atoms with E-state index in [1.165, 1.54) is 6.26 Å². The molecule has 1 aromatic carbocycles. The first kappa shape index (κ1) is 14.9. The molecule has 0 aliphatic carbocycles. The number of alkyl halides is 3. The normalized spacial score (nSPS) is 11.2. The van der Waals surface area contributed by atoms with E-state index in [2.05, 4.69) is 15.0 Å². The number of hydrogen-bond acceptors (Lipinski definition) is 4. The number of nitrogens with one attached hydrogen (secondary N) is 1. The molecule has 1 aromatic heterocycles. The van der Waals surface area contributed by atoms with Crippen LogP contribution in [0.25, 0.3) is 0 Å². The van der Waals surface area contributed by atoms with Crippen LogP contribution in [0.2, 0.25) is 0 Å². The molecule has 0 fully saturated rings. The number of rotatable bonds is 5. The minimum absolute atomic E-state index is 0.180. The second-order valence-corrected chi connectivity index (χ2v) is 4.08. The molecule has 0 aliphatic heterocycles. The van der Waals surface area contributed by atoms with Gasteiger partial charge in [0.25, 0.3) is 5.91 Å². The predicted molar refractivity (Wildman–Crippen MR) is 65.3 cm³/mol. The summed E-state index contributed by atoms with van der Waals surface area (Å²) in [5.41, 5.74) is -0.219. The molecule has 1 N–H and O–H groups in total. The van der Waals surface area contributed by atoms with Crippen LogP contribution < -0.4 is 10.1 Å². The Morgan fingerprint density at radius 1 is 1.24 bits per heavy atom. The fourth-order valence-electron chi connectivity index (χ4n) is 1.46. The summed E-state index contributed by atoms with van der Waals surface area (Å²) in [6.45, 7) is -0.116. The van der Waals surface area contributed by atoms with Gasteiger partial charge in [-0.15, -0.1) is 0 Å². The molecule has 21 heavy (non-hydrogen) atoms. The standard InChI is InChI=1S/C13H11F3N2O3/c14-13(15,16)9-1-3-11(4-2-9)20-8-12(19)17-7-10-5-6-21-18-10/h1-6H,7-8H2,(H,17,19). The average molecular weight is 300 g/mol. The van der Waals surface area contributed by atoms with Crippen molar-refractivity contribution in [3.05, 3.63) is 47.9 Å². The van der Waals surface area contributed by atoms with Crippen molar-refractivity contribution in [3.63, 3.8) is 0 Å². The first-order valence-electron chi connectivity index (χ1n) is 5.91. The molecule has 1 amide bonds. The fourth-order valence-corrected chi connectivity index (χ4v) is 1.46. The maximum Gasteiger partial charge on any atom is 0.416 e. The van der Waals surface area contributed by atoms with Crippen LogP contribution in [-0.2, 0) is 17.5 Å². The third-order valence-electron chi connectivity index (χ3n) is 2.51. The topological polar surface area (TPSA) is 64.4 Å². The molecular formula is C13H11F3N2O3. The number of amides is 1. The zero-order valence-electron chi connectivity index (χ0n) is 10.7. The molecule has 112 valence electrons. The number of hydrogen-bond donors (Lipinski definition) is 1. The Balaban J connectivity index is 1.78. The van der Waals surface area contributed by atoms with E-state index in [-0.39, 0.29) is 18.9 Å². The number of nitrogens with zero attached hydrogens (tertiary/aromatic N) is 1. The SMILES string of the molecule is O=C(COc1ccc(C(F)(F)F)cc1)NCc1ccon1. The van der Waals surface area contributed by atoms with Gasteiger partial charge < -0.3 is 14.6 Å². The molecule has 0 unspecified atom stereocenters. The Morgan fingerprint density at radius 2 is 1.95 bits per heavy atom. The smallest absolute Gasteiger partial charge is 0.416 e. The fraction of sp³-hybridized carbons (Fsp3) is 0.231. The van der Waals surface area contributed by atoms with Gasteiger partial charge in [0.05, 0.1) is 12.1 Å². The van der Waals surface area contributed by atoms with Gasteiger partial charge in [0.1, 0.15) is 17.7 Å². The molecule has 0 bridgehead atoms. The van der Waals surface area contributed by atoms with Gasteiger partial charge in [-0.1, -0.05) is 5.16 Å². The largest absolute Gasteiger partial charge is 0.484 e. The molecule has 0 spiro atoms. The average Bonchev–Trinajstić information content (AvgIpc) is 2.95. The number of carbonyl (C=O) groups is 1. The van der Waals surface area contributed by atoms with Crippen molar-refractivity contribution in [3.8, 4) is 5.75 Å². The summed E-state index contributed by atoms with van der Waals surface area (Å²) < 4.78 is 46.7. The van der Waals surface area contributed by atoms with Crippen molar-refractivity contribution in [2.24, 2.45) is 0 Å². The highest BCUT2D eigenvalue weighted by Crippen LogP contribution is 2.30. The quantitative estimate of drug-likeness (QED) is 0.921. The maximum atomic E-state index is 12.4. The third-order valence-corrected chi connectivity index (χ3v) is 2.51. The highest BCUT2D eigenvalue weighted by molar-refractivity contribution is 5.77. The monoisotopic (exact) mass is 300 g/mol. The van der Waals surface area contributed by atoms with Gasteiger partial charge in [-0.05, 0) is 24.3 Å². The first-order chi connectivity index (χ1) is 9.95. The van der Waals surface area contributed by atoms with Crippen LogP contribution in [0.3, 0.4) is 0 Å². The Morgan fingerprint density at radius 3 is 2.52 bits per heavy atom. The molecular weight excluding hydrogens is 289 g/mol. The lowest BCUT2D eigenvalue weighted by Gasteiger charge is -2.09. The summed E-state index contributed by atoms with van der Waals surface area (Å²) in [5, 5.41) is 6.13. The third kappa shape index (κ3) is 4.51. The van der Waals surface area contributed by atoms with Gasteiger partial charge in [-0.3, -0.25) is 4.79 Å². The van der Waals surface area contributed by atoms with Gasteiger partial charge in [0.2, 0.25) is 0 Å². The Labute approximate surface area is 117 Å². The van der Waals surface area contributed by atoms with Crippen molar-refractivity contribution in [1.29, 1.82) is 0 Å². The molecule has 2 rings (SSSR count). The van der Waals surface area contributed by atoms with Crippen molar-refractivity contribution >= 4 is 5.91 Å². The number of carbonyl (C=O) groups excluding carboxylic acids is 1. The summed E-state index contributed by atoms with van der Waals surface area (Å²) in [5.74, 6) is -0.238. The molecule has 0 saturated carbocycles. The summed E-state index contributed by atoms with van der Waals surface area (Å²) in [6.07, 6.45) is -3.02. The highest BCUT2D eigenvalue weighted by Gasteiger charge is 2.30. The van der Waals surface area contributed by atoms with E-state index in [1.807, 2.05) is 0 Å². The molecule has 1 heterocycles. The second-order valence-electron chi connectivity index (χ2n) is 4.08. The number of halogens is 3. The molecule has 0 saturated heterocycles. The van der Waals surface area contributed by atoms with E-state index in [4.69, 9.17) is 4.74 Å². The predicted octanol–water partition coefficient (Wildman–Crippen LogP) is 2.39. The molecule has 2 aromatic rings. The van der Waals surface area contributed by atoms with Crippen LogP contribution in [0.4, 0.5) is 13.2 Å². The van der Waals surface area contributed by atoms with E-state index in [1.54, 1.807) is 6.07 Å². The molecule has 0 atom stereocenters. The lowest BCUT2D eigenvalue weighted by Crippen LogP contribution is -2.28. The van der Waals surface area contributed by atoms with E-state index >= 15 is 0 Å². The van der Waals surface area contributed by atoms with Gasteiger partial charge in [-0.2, -0.15) is 13.2 Å². The van der Waals surface area contributed by atoms with Crippen LogP contribution in [0.5, 0.6) is 5.75 Å². The lowest BCUT2D eigenvalue weighted by molar-refractivity contribution is -0.137. The zero-order chi connectivity index (χ0) is 15.3. The summed E-state index contributed by atoms with van der Waals surface area (Å²) in [7, 11) is 0. The van der Waals surface area contributed by atoms with Crippen molar-refractivity contribution in [1.82, 2.24) is 10.5 Å². The second kappa shape index (κ2) is 6.29. The molecule has 5 nitrogen and oxygen atoms in total. The lowest BCUT2D eigenvalue weighted by atomic mass is 10.2. The van der Waals surface area contributed by atoms with Crippen LogP contribution in [0.1, 0.15) is 11.3 Å². The number of benzene rings is 1. The minimum Gasteiger partial charge on any atom is -0.484 e. The van der Waals surface area contributed by atoms with E-state index < -0.39 is 17.6 Å². The van der Waals surface area contributed by atoms with E-state index in [9.17, 15) is 18.0 Å². The Kier molecular flexibility index (Phi) is 4.46. The van der Waals surface area contributed by atoms with Gasteiger partial charge in [0.15, 0.2) is 6.61 Å². The van der Waals surface area contributed by atoms with E-state index in [0.717, 1.165) is 24.3 Å². The first-order valence-corrected chi connectivity index (χ1v) is 5.91. The van der Waals surface area contributed by atoms with Crippen LogP contribution in [0.15, 0.2) is 41.1 Å². The molecule has 0 radical (unpaired) electrons.